The van der Waals surface area contributed by atoms with Crippen molar-refractivity contribution in [1.82, 2.24) is 9.78 Å². The van der Waals surface area contributed by atoms with Gasteiger partial charge >= 0.3 is 0 Å². The zero-order valence-electron chi connectivity index (χ0n) is 9.28. The SMILES string of the molecule is C1=CSC(c2ccnn2-c2ccccc2)=CC1. The van der Waals surface area contributed by atoms with Crippen molar-refractivity contribution in [3.8, 4) is 5.69 Å². The van der Waals surface area contributed by atoms with E-state index in [9.17, 15) is 0 Å². The minimum atomic E-state index is 1.00. The number of aromatic nitrogens is 2. The molecule has 3 heteroatoms. The van der Waals surface area contributed by atoms with Crippen LogP contribution in [0.2, 0.25) is 0 Å². The second kappa shape index (κ2) is 4.63. The van der Waals surface area contributed by atoms with Gasteiger partial charge in [0, 0.05) is 4.91 Å². The van der Waals surface area contributed by atoms with Crippen LogP contribution in [0.25, 0.3) is 10.6 Å². The van der Waals surface area contributed by atoms with Crippen LogP contribution in [-0.2, 0) is 0 Å². The molecule has 1 aliphatic rings. The molecule has 17 heavy (non-hydrogen) atoms. The highest BCUT2D eigenvalue weighted by molar-refractivity contribution is 8.10. The first-order valence-electron chi connectivity index (χ1n) is 5.57. The molecule has 0 saturated heterocycles. The van der Waals surface area contributed by atoms with Crippen LogP contribution in [0.1, 0.15) is 12.1 Å². The molecule has 0 bridgehead atoms. The van der Waals surface area contributed by atoms with Crippen molar-refractivity contribution < 1.29 is 0 Å². The highest BCUT2D eigenvalue weighted by atomic mass is 32.2. The standard InChI is InChI=1S/C14H12N2S/c1-2-6-12(7-3-1)16-13(9-10-15-16)14-8-4-5-11-17-14/h1-3,5-11H,4H2. The van der Waals surface area contributed by atoms with Gasteiger partial charge in [-0.3, -0.25) is 0 Å². The van der Waals surface area contributed by atoms with Gasteiger partial charge in [0.25, 0.3) is 0 Å². The van der Waals surface area contributed by atoms with E-state index >= 15 is 0 Å². The first-order chi connectivity index (χ1) is 8.45. The van der Waals surface area contributed by atoms with Crippen LogP contribution in [-0.4, -0.2) is 9.78 Å². The summed E-state index contributed by atoms with van der Waals surface area (Å²) >= 11 is 1.75. The number of rotatable bonds is 2. The highest BCUT2D eigenvalue weighted by Gasteiger charge is 2.10. The molecular formula is C14H12N2S. The summed E-state index contributed by atoms with van der Waals surface area (Å²) < 4.78 is 1.98. The molecule has 0 spiro atoms. The van der Waals surface area contributed by atoms with E-state index in [1.54, 1.807) is 11.8 Å². The molecule has 0 amide bonds. The Kier molecular flexibility index (Phi) is 2.84. The summed E-state index contributed by atoms with van der Waals surface area (Å²) in [7, 11) is 0. The summed E-state index contributed by atoms with van der Waals surface area (Å²) in [5.41, 5.74) is 2.26. The molecule has 1 aromatic carbocycles. The first kappa shape index (κ1) is 10.4. The number of nitrogens with zero attached hydrogens (tertiary/aromatic N) is 2. The second-order valence-electron chi connectivity index (χ2n) is 3.76. The van der Waals surface area contributed by atoms with Gasteiger partial charge in [0.05, 0.1) is 17.6 Å². The van der Waals surface area contributed by atoms with Gasteiger partial charge in [0.1, 0.15) is 0 Å². The van der Waals surface area contributed by atoms with Crippen molar-refractivity contribution in [2.24, 2.45) is 0 Å². The summed E-state index contributed by atoms with van der Waals surface area (Å²) in [5.74, 6) is 0. The van der Waals surface area contributed by atoms with E-state index in [-0.39, 0.29) is 0 Å². The largest absolute Gasteiger partial charge is 0.233 e. The Morgan fingerprint density at radius 1 is 1.12 bits per heavy atom. The predicted molar refractivity (Wildman–Crippen MR) is 72.9 cm³/mol. The molecule has 0 saturated carbocycles. The van der Waals surface area contributed by atoms with E-state index in [1.165, 1.54) is 4.91 Å². The van der Waals surface area contributed by atoms with Crippen LogP contribution < -0.4 is 0 Å². The Morgan fingerprint density at radius 2 is 2.00 bits per heavy atom. The zero-order valence-corrected chi connectivity index (χ0v) is 10.1. The summed E-state index contributed by atoms with van der Waals surface area (Å²) in [4.78, 5) is 1.27. The number of benzene rings is 1. The minimum absolute atomic E-state index is 1.00. The quantitative estimate of drug-likeness (QED) is 0.793. The van der Waals surface area contributed by atoms with E-state index in [2.05, 4.69) is 40.9 Å². The number of hydrogen-bond acceptors (Lipinski definition) is 2. The summed E-state index contributed by atoms with van der Waals surface area (Å²) in [6, 6.07) is 12.3. The van der Waals surface area contributed by atoms with Crippen molar-refractivity contribution in [3.63, 3.8) is 0 Å². The maximum Gasteiger partial charge on any atom is 0.0804 e. The van der Waals surface area contributed by atoms with E-state index < -0.39 is 0 Å². The van der Waals surface area contributed by atoms with Gasteiger partial charge in [-0.25, -0.2) is 4.68 Å². The average Bonchev–Trinajstić information content (AvgIpc) is 2.90. The van der Waals surface area contributed by atoms with E-state index in [0.717, 1.165) is 17.8 Å². The monoisotopic (exact) mass is 240 g/mol. The van der Waals surface area contributed by atoms with E-state index in [4.69, 9.17) is 0 Å². The number of thioether (sulfide) groups is 1. The van der Waals surface area contributed by atoms with Crippen molar-refractivity contribution in [2.45, 2.75) is 6.42 Å². The first-order valence-corrected chi connectivity index (χ1v) is 6.45. The maximum absolute atomic E-state index is 4.40. The molecule has 2 aromatic rings. The van der Waals surface area contributed by atoms with Gasteiger partial charge in [-0.05, 0) is 30.0 Å². The lowest BCUT2D eigenvalue weighted by molar-refractivity contribution is 0.869. The maximum atomic E-state index is 4.40. The molecule has 2 nitrogen and oxygen atoms in total. The number of allylic oxidation sites excluding steroid dienone is 2. The van der Waals surface area contributed by atoms with Crippen LogP contribution >= 0.6 is 11.8 Å². The molecule has 84 valence electrons. The Hall–Kier alpha value is -1.74. The van der Waals surface area contributed by atoms with E-state index in [0.29, 0.717) is 0 Å². The molecule has 2 heterocycles. The van der Waals surface area contributed by atoms with Gasteiger partial charge in [0.2, 0.25) is 0 Å². The topological polar surface area (TPSA) is 17.8 Å². The molecule has 0 N–H and O–H groups in total. The Balaban J connectivity index is 2.03. The molecule has 0 fully saturated rings. The van der Waals surface area contributed by atoms with Crippen LogP contribution in [0.5, 0.6) is 0 Å². The van der Waals surface area contributed by atoms with Gasteiger partial charge in [-0.2, -0.15) is 5.10 Å². The predicted octanol–water partition coefficient (Wildman–Crippen LogP) is 3.86. The van der Waals surface area contributed by atoms with Crippen molar-refractivity contribution in [1.29, 1.82) is 0 Å². The Morgan fingerprint density at radius 3 is 2.76 bits per heavy atom. The smallest absolute Gasteiger partial charge is 0.0804 e. The minimum Gasteiger partial charge on any atom is -0.233 e. The van der Waals surface area contributed by atoms with Crippen LogP contribution in [0.4, 0.5) is 0 Å². The fourth-order valence-corrected chi connectivity index (χ4v) is 2.65. The average molecular weight is 240 g/mol. The number of para-hydroxylation sites is 1. The molecule has 1 aromatic heterocycles. The van der Waals surface area contributed by atoms with E-state index in [1.807, 2.05) is 29.1 Å². The lowest BCUT2D eigenvalue weighted by Gasteiger charge is -2.10. The van der Waals surface area contributed by atoms with Gasteiger partial charge in [-0.1, -0.05) is 42.1 Å². The fourth-order valence-electron chi connectivity index (χ4n) is 1.83. The summed E-state index contributed by atoms with van der Waals surface area (Å²) in [6.07, 6.45) is 7.25. The third kappa shape index (κ3) is 2.06. The third-order valence-electron chi connectivity index (χ3n) is 2.63. The molecule has 1 aliphatic heterocycles. The second-order valence-corrected chi connectivity index (χ2v) is 4.71. The molecule has 0 unspecified atom stereocenters. The fraction of sp³-hybridized carbons (Fsp3) is 0.0714. The van der Waals surface area contributed by atoms with Crippen molar-refractivity contribution in [2.75, 3.05) is 0 Å². The lowest BCUT2D eigenvalue weighted by Crippen LogP contribution is -2.00. The Labute approximate surface area is 105 Å². The van der Waals surface area contributed by atoms with Gasteiger partial charge in [0.15, 0.2) is 0 Å². The summed E-state index contributed by atoms with van der Waals surface area (Å²) in [5, 5.41) is 6.54. The molecule has 0 atom stereocenters. The van der Waals surface area contributed by atoms with Crippen molar-refractivity contribution in [3.05, 3.63) is 65.8 Å². The summed E-state index contributed by atoms with van der Waals surface area (Å²) in [6.45, 7) is 0. The van der Waals surface area contributed by atoms with Crippen LogP contribution in [0, 0.1) is 0 Å². The molecular weight excluding hydrogens is 228 g/mol. The number of hydrogen-bond donors (Lipinski definition) is 0. The molecule has 3 rings (SSSR count). The molecule has 0 aliphatic carbocycles. The lowest BCUT2D eigenvalue weighted by atomic mass is 10.3. The van der Waals surface area contributed by atoms with Crippen LogP contribution in [0.3, 0.4) is 0 Å². The Bertz CT molecular complexity index is 567. The van der Waals surface area contributed by atoms with Crippen LogP contribution in [0.15, 0.2) is 60.2 Å². The van der Waals surface area contributed by atoms with Crippen molar-refractivity contribution >= 4 is 16.7 Å². The van der Waals surface area contributed by atoms with Gasteiger partial charge < -0.3 is 0 Å². The molecule has 0 radical (unpaired) electrons. The highest BCUT2D eigenvalue weighted by Crippen LogP contribution is 2.32. The normalized spacial score (nSPS) is 14.7. The zero-order chi connectivity index (χ0) is 11.5. The third-order valence-corrected chi connectivity index (χ3v) is 3.58. The van der Waals surface area contributed by atoms with Gasteiger partial charge in [-0.15, -0.1) is 0 Å².